The van der Waals surface area contributed by atoms with E-state index in [1.165, 1.54) is 19.4 Å². The minimum Gasteiger partial charge on any atom is -0.453 e. The smallest absolute Gasteiger partial charge is 0.193 e. The molecule has 1 aliphatic rings. The molecular weight excluding hydrogens is 368 g/mol. The Labute approximate surface area is 166 Å². The first-order chi connectivity index (χ1) is 14.0. The van der Waals surface area contributed by atoms with E-state index in [2.05, 4.69) is 18.8 Å². The van der Waals surface area contributed by atoms with Crippen molar-refractivity contribution >= 4 is 16.8 Å². The Morgan fingerprint density at radius 2 is 2.14 bits per heavy atom. The lowest BCUT2D eigenvalue weighted by molar-refractivity contribution is 0.101. The number of rotatable bonds is 3. The second-order valence-electron chi connectivity index (χ2n) is 7.87. The number of pyridine rings is 1. The zero-order valence-corrected chi connectivity index (χ0v) is 16.4. The first-order valence-electron chi connectivity index (χ1n) is 9.66. The molecule has 1 aliphatic heterocycles. The fourth-order valence-corrected chi connectivity index (χ4v) is 4.26. The highest BCUT2D eigenvalue weighted by molar-refractivity contribution is 5.97. The maximum atomic E-state index is 12.6. The molecule has 4 heterocycles. The summed E-state index contributed by atoms with van der Waals surface area (Å²) in [6.45, 7) is 5.72. The highest BCUT2D eigenvalue weighted by Crippen LogP contribution is 2.44. The van der Waals surface area contributed by atoms with Crippen LogP contribution in [0.25, 0.3) is 33.7 Å². The lowest BCUT2D eigenvalue weighted by Crippen LogP contribution is -2.27. The number of carbonyl (C=O) groups is 1. The number of fused-ring (bicyclic) bond motifs is 5. The Morgan fingerprint density at radius 3 is 2.83 bits per heavy atom. The van der Waals surface area contributed by atoms with Gasteiger partial charge in [-0.25, -0.2) is 4.98 Å². The summed E-state index contributed by atoms with van der Waals surface area (Å²) in [4.78, 5) is 28.5. The van der Waals surface area contributed by atoms with Gasteiger partial charge in [-0.2, -0.15) is 0 Å². The summed E-state index contributed by atoms with van der Waals surface area (Å²) in [6, 6.07) is 7.59. The standard InChI is InChI=1S/C23H20N2O4/c1-12(2)18-7-16-14-5-4-6-15(21-9-24-11-28-21)22(14)29-23(16)19-8-20(27)17(13(3)26)10-25(18)19/h4-6,8-12,18H,7H2,1-3H3/t18-/m0/s1. The molecule has 0 saturated heterocycles. The van der Waals surface area contributed by atoms with Crippen LogP contribution in [0.5, 0.6) is 0 Å². The van der Waals surface area contributed by atoms with Crippen molar-refractivity contribution < 1.29 is 13.6 Å². The topological polar surface area (TPSA) is 78.2 Å². The molecule has 29 heavy (non-hydrogen) atoms. The van der Waals surface area contributed by atoms with Crippen molar-refractivity contribution in [3.8, 4) is 22.8 Å². The average molecular weight is 388 g/mol. The van der Waals surface area contributed by atoms with E-state index in [1.54, 1.807) is 12.4 Å². The van der Waals surface area contributed by atoms with E-state index in [1.807, 2.05) is 22.8 Å². The molecule has 0 amide bonds. The first-order valence-corrected chi connectivity index (χ1v) is 9.66. The molecule has 0 aliphatic carbocycles. The molecule has 4 aromatic rings. The minimum atomic E-state index is -0.282. The number of furan rings is 1. The molecule has 3 aromatic heterocycles. The Kier molecular flexibility index (Phi) is 3.84. The summed E-state index contributed by atoms with van der Waals surface area (Å²) in [6.07, 6.45) is 5.50. The molecule has 0 radical (unpaired) electrons. The monoisotopic (exact) mass is 388 g/mol. The maximum absolute atomic E-state index is 12.6. The van der Waals surface area contributed by atoms with Gasteiger partial charge in [0.2, 0.25) is 0 Å². The van der Waals surface area contributed by atoms with Crippen LogP contribution in [-0.2, 0) is 6.42 Å². The van der Waals surface area contributed by atoms with E-state index >= 15 is 0 Å². The number of oxazole rings is 1. The molecular formula is C23H20N2O4. The molecule has 0 spiro atoms. The number of carbonyl (C=O) groups excluding carboxylic acids is 1. The molecule has 6 nitrogen and oxygen atoms in total. The van der Waals surface area contributed by atoms with E-state index < -0.39 is 0 Å². The van der Waals surface area contributed by atoms with E-state index in [9.17, 15) is 9.59 Å². The van der Waals surface area contributed by atoms with Crippen LogP contribution in [-0.4, -0.2) is 15.3 Å². The third-order valence-electron chi connectivity index (χ3n) is 5.75. The molecule has 5 rings (SSSR count). The lowest BCUT2D eigenvalue weighted by Gasteiger charge is -2.31. The van der Waals surface area contributed by atoms with Gasteiger partial charge in [0, 0.05) is 29.3 Å². The van der Waals surface area contributed by atoms with Crippen molar-refractivity contribution in [3.05, 3.63) is 64.4 Å². The lowest BCUT2D eigenvalue weighted by atomic mass is 9.89. The highest BCUT2D eigenvalue weighted by Gasteiger charge is 2.32. The van der Waals surface area contributed by atoms with Gasteiger partial charge in [0.05, 0.1) is 23.0 Å². The normalized spacial score (nSPS) is 15.5. The van der Waals surface area contributed by atoms with E-state index in [0.717, 1.165) is 22.9 Å². The van der Waals surface area contributed by atoms with Crippen LogP contribution in [0.15, 0.2) is 56.7 Å². The molecule has 0 bridgehead atoms. The third kappa shape index (κ3) is 2.59. The predicted octanol–water partition coefficient (Wildman–Crippen LogP) is 4.87. The van der Waals surface area contributed by atoms with Gasteiger partial charge in [0.15, 0.2) is 29.1 Å². The van der Waals surface area contributed by atoms with Gasteiger partial charge >= 0.3 is 0 Å². The van der Waals surface area contributed by atoms with Gasteiger partial charge in [-0.05, 0) is 25.3 Å². The second kappa shape index (κ2) is 6.30. The fraction of sp³-hybridized carbons (Fsp3) is 0.261. The summed E-state index contributed by atoms with van der Waals surface area (Å²) >= 11 is 0. The van der Waals surface area contributed by atoms with Crippen LogP contribution in [0.2, 0.25) is 0 Å². The van der Waals surface area contributed by atoms with Crippen molar-refractivity contribution in [2.45, 2.75) is 33.2 Å². The first kappa shape index (κ1) is 17.7. The summed E-state index contributed by atoms with van der Waals surface area (Å²) in [5.41, 5.74) is 3.25. The summed E-state index contributed by atoms with van der Waals surface area (Å²) in [5, 5.41) is 1.01. The number of aromatic nitrogens is 2. The zero-order valence-electron chi connectivity index (χ0n) is 16.4. The van der Waals surface area contributed by atoms with E-state index in [4.69, 9.17) is 8.83 Å². The van der Waals surface area contributed by atoms with Gasteiger partial charge in [-0.15, -0.1) is 0 Å². The van der Waals surface area contributed by atoms with Crippen molar-refractivity contribution in [1.29, 1.82) is 0 Å². The highest BCUT2D eigenvalue weighted by atomic mass is 16.4. The largest absolute Gasteiger partial charge is 0.453 e. The van der Waals surface area contributed by atoms with Crippen molar-refractivity contribution in [3.63, 3.8) is 0 Å². The van der Waals surface area contributed by atoms with Crippen molar-refractivity contribution in [2.75, 3.05) is 0 Å². The SMILES string of the molecule is CC(=O)c1cn2c(cc1=O)-c1oc3c(-c4cnco4)cccc3c1C[C@H]2C(C)C. The molecule has 0 unspecified atom stereocenters. The molecule has 6 heteroatoms. The predicted molar refractivity (Wildman–Crippen MR) is 109 cm³/mol. The Morgan fingerprint density at radius 1 is 1.31 bits per heavy atom. The van der Waals surface area contributed by atoms with Gasteiger partial charge in [0.1, 0.15) is 5.58 Å². The summed E-state index contributed by atoms with van der Waals surface area (Å²) in [5.74, 6) is 1.39. The molecule has 1 aromatic carbocycles. The van der Waals surface area contributed by atoms with Crippen LogP contribution >= 0.6 is 0 Å². The Balaban J connectivity index is 1.83. The fourth-order valence-electron chi connectivity index (χ4n) is 4.26. The van der Waals surface area contributed by atoms with Crippen LogP contribution in [0.3, 0.4) is 0 Å². The van der Waals surface area contributed by atoms with E-state index in [0.29, 0.717) is 28.7 Å². The number of ketones is 1. The van der Waals surface area contributed by atoms with E-state index in [-0.39, 0.29) is 22.8 Å². The minimum absolute atomic E-state index is 0.117. The van der Waals surface area contributed by atoms with Gasteiger partial charge in [-0.1, -0.05) is 26.0 Å². The van der Waals surface area contributed by atoms with Crippen LogP contribution in [0, 0.1) is 5.92 Å². The van der Waals surface area contributed by atoms with Crippen LogP contribution in [0.1, 0.15) is 42.7 Å². The third-order valence-corrected chi connectivity index (χ3v) is 5.75. The van der Waals surface area contributed by atoms with Gasteiger partial charge < -0.3 is 13.4 Å². The number of Topliss-reactive ketones (excluding diaryl/α,β-unsaturated/α-hetero) is 1. The molecule has 1 atom stereocenters. The summed E-state index contributed by atoms with van der Waals surface area (Å²) < 4.78 is 13.8. The molecule has 0 saturated carbocycles. The average Bonchev–Trinajstić information content (AvgIpc) is 3.34. The molecule has 0 fully saturated rings. The van der Waals surface area contributed by atoms with Crippen LogP contribution < -0.4 is 5.43 Å². The second-order valence-corrected chi connectivity index (χ2v) is 7.87. The van der Waals surface area contributed by atoms with Crippen molar-refractivity contribution in [1.82, 2.24) is 9.55 Å². The number of hydrogen-bond donors (Lipinski definition) is 0. The Bertz CT molecular complexity index is 1310. The van der Waals surface area contributed by atoms with Crippen LogP contribution in [0.4, 0.5) is 0 Å². The quantitative estimate of drug-likeness (QED) is 0.468. The molecule has 146 valence electrons. The number of nitrogens with zero attached hydrogens (tertiary/aromatic N) is 2. The number of para-hydroxylation sites is 1. The van der Waals surface area contributed by atoms with Gasteiger partial charge in [-0.3, -0.25) is 9.59 Å². The Hall–Kier alpha value is -3.41. The number of hydrogen-bond acceptors (Lipinski definition) is 5. The maximum Gasteiger partial charge on any atom is 0.193 e. The number of benzene rings is 1. The zero-order chi connectivity index (χ0) is 20.3. The van der Waals surface area contributed by atoms with Gasteiger partial charge in [0.25, 0.3) is 0 Å². The van der Waals surface area contributed by atoms with Crippen molar-refractivity contribution in [2.24, 2.45) is 5.92 Å². The summed E-state index contributed by atoms with van der Waals surface area (Å²) in [7, 11) is 0. The molecule has 0 N–H and O–H groups in total.